The number of carbonyl (C=O) groups is 1. The number of benzene rings is 1. The number of methoxy groups -OCH3 is 1. The monoisotopic (exact) mass is 368 g/mol. The van der Waals surface area contributed by atoms with Gasteiger partial charge in [-0.1, -0.05) is 18.2 Å². The Hall–Kier alpha value is -1.44. The smallest absolute Gasteiger partial charge is 0.243 e. The zero-order chi connectivity index (χ0) is 18.3. The average Bonchev–Trinajstić information content (AvgIpc) is 2.61. The molecule has 2 rings (SSSR count). The number of hydrogen-bond donors (Lipinski definition) is 1. The minimum atomic E-state index is -3.42. The molecule has 1 saturated heterocycles. The Morgan fingerprint density at radius 2 is 1.96 bits per heavy atom. The molecule has 0 spiro atoms. The molecule has 140 valence electrons. The SMILES string of the molecule is COCCNC(=O)CCC1CCN(S(=O)(=O)c2ccccc2C)CC1. The van der Waals surface area contributed by atoms with Crippen LogP contribution in [-0.2, 0) is 19.6 Å². The Labute approximate surface area is 150 Å². The maximum absolute atomic E-state index is 12.8. The van der Waals surface area contributed by atoms with Crippen molar-refractivity contribution < 1.29 is 17.9 Å². The van der Waals surface area contributed by atoms with E-state index in [2.05, 4.69) is 5.32 Å². The molecule has 0 unspecified atom stereocenters. The third-order valence-corrected chi connectivity index (χ3v) is 6.75. The first-order valence-corrected chi connectivity index (χ1v) is 10.2. The molecule has 1 heterocycles. The summed E-state index contributed by atoms with van der Waals surface area (Å²) < 4.78 is 32.0. The molecule has 1 aliphatic heterocycles. The van der Waals surface area contributed by atoms with Crippen LogP contribution in [-0.4, -0.2) is 52.0 Å². The second-order valence-corrected chi connectivity index (χ2v) is 8.40. The summed E-state index contributed by atoms with van der Waals surface area (Å²) in [6.45, 7) is 3.91. The number of piperidine rings is 1. The summed E-state index contributed by atoms with van der Waals surface area (Å²) in [5.74, 6) is 0.434. The maximum Gasteiger partial charge on any atom is 0.243 e. The number of aryl methyl sites for hydroxylation is 1. The molecule has 1 amide bonds. The zero-order valence-electron chi connectivity index (χ0n) is 15.0. The lowest BCUT2D eigenvalue weighted by Gasteiger charge is -2.31. The molecule has 25 heavy (non-hydrogen) atoms. The fraction of sp³-hybridized carbons (Fsp3) is 0.611. The van der Waals surface area contributed by atoms with Gasteiger partial charge < -0.3 is 10.1 Å². The van der Waals surface area contributed by atoms with Gasteiger partial charge in [0.25, 0.3) is 0 Å². The Kier molecular flexibility index (Phi) is 7.40. The van der Waals surface area contributed by atoms with Crippen molar-refractivity contribution in [2.45, 2.75) is 37.5 Å². The van der Waals surface area contributed by atoms with Crippen LogP contribution < -0.4 is 5.32 Å². The minimum Gasteiger partial charge on any atom is -0.383 e. The molecule has 0 bridgehead atoms. The Morgan fingerprint density at radius 1 is 1.28 bits per heavy atom. The van der Waals surface area contributed by atoms with Gasteiger partial charge in [0.05, 0.1) is 11.5 Å². The van der Waals surface area contributed by atoms with E-state index in [0.29, 0.717) is 43.5 Å². The first-order chi connectivity index (χ1) is 11.9. The lowest BCUT2D eigenvalue weighted by atomic mass is 9.93. The first kappa shape index (κ1) is 19.9. The lowest BCUT2D eigenvalue weighted by molar-refractivity contribution is -0.121. The number of amides is 1. The molecule has 1 aromatic rings. The molecule has 0 atom stereocenters. The zero-order valence-corrected chi connectivity index (χ0v) is 15.8. The van der Waals surface area contributed by atoms with Gasteiger partial charge in [0.15, 0.2) is 0 Å². The van der Waals surface area contributed by atoms with E-state index >= 15 is 0 Å². The molecule has 0 saturated carbocycles. The van der Waals surface area contributed by atoms with Crippen molar-refractivity contribution in [2.75, 3.05) is 33.4 Å². The van der Waals surface area contributed by atoms with Crippen molar-refractivity contribution in [3.63, 3.8) is 0 Å². The van der Waals surface area contributed by atoms with Crippen LogP contribution in [0.15, 0.2) is 29.2 Å². The van der Waals surface area contributed by atoms with Gasteiger partial charge >= 0.3 is 0 Å². The normalized spacial score (nSPS) is 16.7. The summed E-state index contributed by atoms with van der Waals surface area (Å²) in [6, 6.07) is 7.09. The van der Waals surface area contributed by atoms with E-state index in [4.69, 9.17) is 4.74 Å². The van der Waals surface area contributed by atoms with E-state index in [-0.39, 0.29) is 5.91 Å². The van der Waals surface area contributed by atoms with Crippen molar-refractivity contribution >= 4 is 15.9 Å². The molecular weight excluding hydrogens is 340 g/mol. The average molecular weight is 368 g/mol. The van der Waals surface area contributed by atoms with Gasteiger partial charge in [-0.05, 0) is 43.7 Å². The summed E-state index contributed by atoms with van der Waals surface area (Å²) >= 11 is 0. The van der Waals surface area contributed by atoms with Crippen LogP contribution in [0.4, 0.5) is 0 Å². The topological polar surface area (TPSA) is 75.7 Å². The first-order valence-electron chi connectivity index (χ1n) is 8.76. The highest BCUT2D eigenvalue weighted by Gasteiger charge is 2.30. The highest BCUT2D eigenvalue weighted by atomic mass is 32.2. The van der Waals surface area contributed by atoms with Crippen LogP contribution >= 0.6 is 0 Å². The van der Waals surface area contributed by atoms with E-state index in [1.807, 2.05) is 19.1 Å². The fourth-order valence-electron chi connectivity index (χ4n) is 3.14. The summed E-state index contributed by atoms with van der Waals surface area (Å²) in [6.07, 6.45) is 2.89. The maximum atomic E-state index is 12.8. The minimum absolute atomic E-state index is 0.0343. The van der Waals surface area contributed by atoms with Gasteiger partial charge in [0.1, 0.15) is 0 Å². The molecule has 1 aromatic carbocycles. The van der Waals surface area contributed by atoms with Gasteiger partial charge in [-0.25, -0.2) is 8.42 Å². The second kappa shape index (κ2) is 9.31. The molecule has 1 aliphatic rings. The molecule has 0 aliphatic carbocycles. The van der Waals surface area contributed by atoms with Crippen LogP contribution in [0, 0.1) is 12.8 Å². The number of nitrogens with one attached hydrogen (secondary N) is 1. The van der Waals surface area contributed by atoms with Gasteiger partial charge in [-0.3, -0.25) is 4.79 Å². The van der Waals surface area contributed by atoms with Crippen LogP contribution in [0.1, 0.15) is 31.2 Å². The van der Waals surface area contributed by atoms with E-state index in [0.717, 1.165) is 24.8 Å². The standard InChI is InChI=1S/C18H28N2O4S/c1-15-5-3-4-6-17(15)25(22,23)20-12-9-16(10-13-20)7-8-18(21)19-11-14-24-2/h3-6,16H,7-14H2,1-2H3,(H,19,21). The highest BCUT2D eigenvalue weighted by molar-refractivity contribution is 7.89. The molecule has 0 aromatic heterocycles. The van der Waals surface area contributed by atoms with Crippen LogP contribution in [0.5, 0.6) is 0 Å². The van der Waals surface area contributed by atoms with Gasteiger partial charge in [-0.2, -0.15) is 4.31 Å². The summed E-state index contributed by atoms with van der Waals surface area (Å²) in [4.78, 5) is 12.1. The predicted octanol–water partition coefficient (Wildman–Crippen LogP) is 1.94. The molecule has 7 heteroatoms. The van der Waals surface area contributed by atoms with E-state index in [9.17, 15) is 13.2 Å². The molecule has 1 fully saturated rings. The third kappa shape index (κ3) is 5.52. The van der Waals surface area contributed by atoms with E-state index in [1.54, 1.807) is 23.5 Å². The number of sulfonamides is 1. The number of ether oxygens (including phenoxy) is 1. The van der Waals surface area contributed by atoms with E-state index in [1.165, 1.54) is 0 Å². The number of hydrogen-bond acceptors (Lipinski definition) is 4. The van der Waals surface area contributed by atoms with Crippen molar-refractivity contribution in [1.82, 2.24) is 9.62 Å². The molecule has 1 N–H and O–H groups in total. The number of rotatable bonds is 8. The highest BCUT2D eigenvalue weighted by Crippen LogP contribution is 2.27. The lowest BCUT2D eigenvalue weighted by Crippen LogP contribution is -2.39. The Morgan fingerprint density at radius 3 is 2.60 bits per heavy atom. The fourth-order valence-corrected chi connectivity index (χ4v) is 4.83. The Bertz CT molecular complexity index is 667. The largest absolute Gasteiger partial charge is 0.383 e. The van der Waals surface area contributed by atoms with Crippen molar-refractivity contribution in [2.24, 2.45) is 5.92 Å². The summed E-state index contributed by atoms with van der Waals surface area (Å²) in [5.41, 5.74) is 0.775. The van der Waals surface area contributed by atoms with Gasteiger partial charge in [0, 0.05) is 33.2 Å². The Balaban J connectivity index is 1.81. The van der Waals surface area contributed by atoms with Crippen molar-refractivity contribution in [3.8, 4) is 0 Å². The van der Waals surface area contributed by atoms with Gasteiger partial charge in [-0.15, -0.1) is 0 Å². The van der Waals surface area contributed by atoms with Crippen molar-refractivity contribution in [1.29, 1.82) is 0 Å². The second-order valence-electron chi connectivity index (χ2n) is 6.49. The molecular formula is C18H28N2O4S. The molecule has 0 radical (unpaired) electrons. The van der Waals surface area contributed by atoms with Crippen LogP contribution in [0.3, 0.4) is 0 Å². The molecule has 6 nitrogen and oxygen atoms in total. The summed E-state index contributed by atoms with van der Waals surface area (Å²) in [5, 5.41) is 2.81. The predicted molar refractivity (Wildman–Crippen MR) is 96.8 cm³/mol. The number of carbonyl (C=O) groups excluding carboxylic acids is 1. The van der Waals surface area contributed by atoms with Gasteiger partial charge in [0.2, 0.25) is 15.9 Å². The van der Waals surface area contributed by atoms with E-state index < -0.39 is 10.0 Å². The number of nitrogens with zero attached hydrogens (tertiary/aromatic N) is 1. The third-order valence-electron chi connectivity index (χ3n) is 4.69. The quantitative estimate of drug-likeness (QED) is 0.712. The summed E-state index contributed by atoms with van der Waals surface area (Å²) in [7, 11) is -1.82. The van der Waals surface area contributed by atoms with Crippen LogP contribution in [0.2, 0.25) is 0 Å². The van der Waals surface area contributed by atoms with Crippen molar-refractivity contribution in [3.05, 3.63) is 29.8 Å². The van der Waals surface area contributed by atoms with Crippen LogP contribution in [0.25, 0.3) is 0 Å².